The van der Waals surface area contributed by atoms with E-state index >= 15 is 0 Å². The molecule has 2 aromatic rings. The fraction of sp³-hybridized carbons (Fsp3) is 0.438. The highest BCUT2D eigenvalue weighted by atomic mass is 35.5. The van der Waals surface area contributed by atoms with Gasteiger partial charge in [-0.15, -0.1) is 12.4 Å². The molecule has 2 heterocycles. The van der Waals surface area contributed by atoms with Crippen LogP contribution in [0.3, 0.4) is 0 Å². The van der Waals surface area contributed by atoms with E-state index in [0.29, 0.717) is 13.1 Å². The van der Waals surface area contributed by atoms with Gasteiger partial charge >= 0.3 is 0 Å². The second-order valence-corrected chi connectivity index (χ2v) is 8.13. The first-order valence-electron chi connectivity index (χ1n) is 7.95. The van der Waals surface area contributed by atoms with E-state index in [1.54, 1.807) is 18.2 Å². The Hall–Kier alpha value is -1.48. The maximum absolute atomic E-state index is 13.8. The number of hydrogen-bond acceptors (Lipinski definition) is 4. The predicted molar refractivity (Wildman–Crippen MR) is 95.9 cm³/mol. The van der Waals surface area contributed by atoms with Crippen LogP contribution in [-0.4, -0.2) is 41.6 Å². The molecular formula is C16H22ClFN4O2S. The molecule has 1 aromatic carbocycles. The fourth-order valence-electron chi connectivity index (χ4n) is 2.98. The van der Waals surface area contributed by atoms with Gasteiger partial charge in [-0.05, 0) is 37.8 Å². The first-order chi connectivity index (χ1) is 11.4. The van der Waals surface area contributed by atoms with Crippen molar-refractivity contribution in [2.24, 2.45) is 11.7 Å². The van der Waals surface area contributed by atoms with Gasteiger partial charge in [-0.3, -0.25) is 0 Å². The van der Waals surface area contributed by atoms with Crippen LogP contribution in [0.15, 0.2) is 41.6 Å². The van der Waals surface area contributed by atoms with Gasteiger partial charge in [0.25, 0.3) is 0 Å². The average molecular weight is 389 g/mol. The van der Waals surface area contributed by atoms with Crippen molar-refractivity contribution >= 4 is 22.4 Å². The van der Waals surface area contributed by atoms with E-state index in [1.807, 2.05) is 6.92 Å². The van der Waals surface area contributed by atoms with E-state index in [-0.39, 0.29) is 34.9 Å². The minimum Gasteiger partial charge on any atom is -0.328 e. The molecule has 0 spiro atoms. The van der Waals surface area contributed by atoms with Crippen molar-refractivity contribution in [2.75, 3.05) is 13.1 Å². The number of aromatic nitrogens is 2. The summed E-state index contributed by atoms with van der Waals surface area (Å²) in [6, 6.07) is 6.05. The number of sulfonamides is 1. The van der Waals surface area contributed by atoms with Crippen LogP contribution in [0.25, 0.3) is 5.69 Å². The maximum atomic E-state index is 13.8. The standard InChI is InChI=1S/C16H21FN4O2S.ClH/c1-12(18)13-5-4-8-20(10-13)24(22,23)14-9-19-21(11-14)16-7-3-2-6-15(16)17;/h2-3,6-7,9,11-13H,4-5,8,10,18H2,1H3;1H. The average Bonchev–Trinajstić information content (AvgIpc) is 3.06. The SMILES string of the molecule is CC(N)C1CCCN(S(=O)(=O)c2cnn(-c3ccccc3F)c2)C1.Cl. The highest BCUT2D eigenvalue weighted by molar-refractivity contribution is 7.89. The van der Waals surface area contributed by atoms with Gasteiger partial charge in [0.1, 0.15) is 16.4 Å². The van der Waals surface area contributed by atoms with Gasteiger partial charge in [-0.25, -0.2) is 17.5 Å². The number of piperidine rings is 1. The zero-order valence-corrected chi connectivity index (χ0v) is 15.5. The minimum absolute atomic E-state index is 0. The van der Waals surface area contributed by atoms with Crippen molar-refractivity contribution in [1.82, 2.24) is 14.1 Å². The Morgan fingerprint density at radius 2 is 2.08 bits per heavy atom. The molecule has 0 radical (unpaired) electrons. The molecule has 6 nitrogen and oxygen atoms in total. The molecule has 1 aliphatic heterocycles. The zero-order valence-electron chi connectivity index (χ0n) is 13.9. The van der Waals surface area contributed by atoms with Crippen molar-refractivity contribution in [3.05, 3.63) is 42.5 Å². The summed E-state index contributed by atoms with van der Waals surface area (Å²) in [5, 5.41) is 4.01. The molecule has 9 heteroatoms. The summed E-state index contributed by atoms with van der Waals surface area (Å²) in [6.07, 6.45) is 4.32. The van der Waals surface area contributed by atoms with Crippen LogP contribution in [0.5, 0.6) is 0 Å². The van der Waals surface area contributed by atoms with Crippen LogP contribution in [0.2, 0.25) is 0 Å². The highest BCUT2D eigenvalue weighted by Gasteiger charge is 2.32. The lowest BCUT2D eigenvalue weighted by Gasteiger charge is -2.33. The van der Waals surface area contributed by atoms with Crippen LogP contribution in [-0.2, 0) is 10.0 Å². The Morgan fingerprint density at radius 3 is 2.76 bits per heavy atom. The van der Waals surface area contributed by atoms with Gasteiger partial charge in [0.2, 0.25) is 10.0 Å². The number of para-hydroxylation sites is 1. The van der Waals surface area contributed by atoms with Gasteiger partial charge < -0.3 is 5.73 Å². The summed E-state index contributed by atoms with van der Waals surface area (Å²) in [6.45, 7) is 2.78. The van der Waals surface area contributed by atoms with E-state index in [9.17, 15) is 12.8 Å². The zero-order chi connectivity index (χ0) is 17.3. The highest BCUT2D eigenvalue weighted by Crippen LogP contribution is 2.25. The largest absolute Gasteiger partial charge is 0.328 e. The summed E-state index contributed by atoms with van der Waals surface area (Å²) < 4.78 is 42.2. The number of nitrogens with two attached hydrogens (primary N) is 1. The Morgan fingerprint density at radius 1 is 1.36 bits per heavy atom. The van der Waals surface area contributed by atoms with Crippen molar-refractivity contribution in [3.63, 3.8) is 0 Å². The third-order valence-electron chi connectivity index (χ3n) is 4.46. The summed E-state index contributed by atoms with van der Waals surface area (Å²) in [4.78, 5) is 0.0658. The Kier molecular flexibility index (Phi) is 6.21. The number of hydrogen-bond donors (Lipinski definition) is 1. The lowest BCUT2D eigenvalue weighted by Crippen LogP contribution is -2.44. The van der Waals surface area contributed by atoms with Crippen molar-refractivity contribution in [1.29, 1.82) is 0 Å². The molecule has 3 rings (SSSR count). The fourth-order valence-corrected chi connectivity index (χ4v) is 4.45. The smallest absolute Gasteiger partial charge is 0.246 e. The van der Waals surface area contributed by atoms with Gasteiger partial charge in [0.05, 0.1) is 12.4 Å². The van der Waals surface area contributed by atoms with E-state index < -0.39 is 15.8 Å². The van der Waals surface area contributed by atoms with Crippen LogP contribution in [0, 0.1) is 11.7 Å². The van der Waals surface area contributed by atoms with Crippen molar-refractivity contribution in [3.8, 4) is 5.69 Å². The molecule has 0 amide bonds. The molecule has 138 valence electrons. The predicted octanol–water partition coefficient (Wildman–Crippen LogP) is 2.18. The van der Waals surface area contributed by atoms with Crippen molar-refractivity contribution < 1.29 is 12.8 Å². The second kappa shape index (κ2) is 7.82. The summed E-state index contributed by atoms with van der Waals surface area (Å²) in [7, 11) is -3.66. The molecule has 0 aliphatic carbocycles. The van der Waals surface area contributed by atoms with E-state index in [1.165, 1.54) is 27.4 Å². The lowest BCUT2D eigenvalue weighted by molar-refractivity contribution is 0.243. The minimum atomic E-state index is -3.66. The molecule has 25 heavy (non-hydrogen) atoms. The Balaban J connectivity index is 0.00000225. The molecule has 0 bridgehead atoms. The van der Waals surface area contributed by atoms with Crippen LogP contribution >= 0.6 is 12.4 Å². The van der Waals surface area contributed by atoms with Crippen LogP contribution in [0.4, 0.5) is 4.39 Å². The van der Waals surface area contributed by atoms with E-state index in [0.717, 1.165) is 12.8 Å². The molecule has 2 unspecified atom stereocenters. The monoisotopic (exact) mass is 388 g/mol. The first-order valence-corrected chi connectivity index (χ1v) is 9.39. The summed E-state index contributed by atoms with van der Waals surface area (Å²) in [5.41, 5.74) is 6.14. The summed E-state index contributed by atoms with van der Waals surface area (Å²) in [5.74, 6) is -0.310. The van der Waals surface area contributed by atoms with E-state index in [2.05, 4.69) is 5.10 Å². The third kappa shape index (κ3) is 4.03. The molecule has 1 saturated heterocycles. The van der Waals surface area contributed by atoms with Gasteiger partial charge in [-0.1, -0.05) is 12.1 Å². The Labute approximate surface area is 153 Å². The topological polar surface area (TPSA) is 81.2 Å². The maximum Gasteiger partial charge on any atom is 0.246 e. The molecule has 1 fully saturated rings. The molecule has 1 aromatic heterocycles. The summed E-state index contributed by atoms with van der Waals surface area (Å²) >= 11 is 0. The molecule has 0 saturated carbocycles. The van der Waals surface area contributed by atoms with Gasteiger partial charge in [0.15, 0.2) is 0 Å². The Bertz CT molecular complexity index is 825. The van der Waals surface area contributed by atoms with Crippen LogP contribution in [0.1, 0.15) is 19.8 Å². The first kappa shape index (κ1) is 19.8. The quantitative estimate of drug-likeness (QED) is 0.870. The van der Waals surface area contributed by atoms with Gasteiger partial charge in [-0.2, -0.15) is 9.40 Å². The molecule has 1 aliphatic rings. The third-order valence-corrected chi connectivity index (χ3v) is 6.28. The molecule has 2 N–H and O–H groups in total. The normalized spacial score (nSPS) is 20.0. The number of nitrogens with zero attached hydrogens (tertiary/aromatic N) is 3. The van der Waals surface area contributed by atoms with Crippen LogP contribution < -0.4 is 5.73 Å². The number of benzene rings is 1. The van der Waals surface area contributed by atoms with E-state index in [4.69, 9.17) is 5.73 Å². The molecule has 2 atom stereocenters. The number of halogens is 2. The number of rotatable bonds is 4. The molecular weight excluding hydrogens is 367 g/mol. The van der Waals surface area contributed by atoms with Crippen molar-refractivity contribution in [2.45, 2.75) is 30.7 Å². The second-order valence-electron chi connectivity index (χ2n) is 6.20. The lowest BCUT2D eigenvalue weighted by atomic mass is 9.93. The van der Waals surface area contributed by atoms with Gasteiger partial charge in [0, 0.05) is 19.1 Å².